The Morgan fingerprint density at radius 2 is 2.19 bits per heavy atom. The highest BCUT2D eigenvalue weighted by atomic mass is 32.1. The minimum Gasteiger partial charge on any atom is -0.462 e. The monoisotopic (exact) mass is 370 g/mol. The smallest absolute Gasteiger partial charge is 0.348 e. The van der Waals surface area contributed by atoms with E-state index in [0.717, 1.165) is 30.7 Å². The highest BCUT2D eigenvalue weighted by Gasteiger charge is 2.45. The Kier molecular flexibility index (Phi) is 4.54. The van der Waals surface area contributed by atoms with Crippen molar-refractivity contribution in [3.05, 3.63) is 51.9 Å². The summed E-state index contributed by atoms with van der Waals surface area (Å²) in [4.78, 5) is 20.0. The molecule has 2 aliphatic rings. The number of carbonyl (C=O) groups excluding carboxylic acids is 1. The molecule has 1 aliphatic carbocycles. The maximum Gasteiger partial charge on any atom is 0.348 e. The Balaban J connectivity index is 1.56. The first-order valence-electron chi connectivity index (χ1n) is 8.94. The molecule has 1 saturated heterocycles. The number of rotatable bonds is 6. The maximum absolute atomic E-state index is 11.8. The minimum absolute atomic E-state index is 0.332. The van der Waals surface area contributed by atoms with Crippen LogP contribution in [0.3, 0.4) is 0 Å². The van der Waals surface area contributed by atoms with E-state index in [-0.39, 0.29) is 5.97 Å². The zero-order valence-corrected chi connectivity index (χ0v) is 15.5. The molecule has 0 aromatic carbocycles. The Morgan fingerprint density at radius 1 is 1.42 bits per heavy atom. The summed E-state index contributed by atoms with van der Waals surface area (Å²) in [5.41, 5.74) is 1.38. The molecule has 1 saturated carbocycles. The zero-order valence-electron chi connectivity index (χ0n) is 14.7. The summed E-state index contributed by atoms with van der Waals surface area (Å²) in [5.74, 6) is 2.26. The predicted molar refractivity (Wildman–Crippen MR) is 102 cm³/mol. The van der Waals surface area contributed by atoms with Gasteiger partial charge in [0.2, 0.25) is 0 Å². The Bertz CT molecular complexity index is 837. The fraction of sp³-hybridized carbons (Fsp3) is 0.400. The molecule has 4 rings (SSSR count). The van der Waals surface area contributed by atoms with Gasteiger partial charge in [-0.05, 0) is 49.5 Å². The Hall–Kier alpha value is -2.18. The number of esters is 1. The van der Waals surface area contributed by atoms with Crippen molar-refractivity contribution < 1.29 is 14.6 Å². The van der Waals surface area contributed by atoms with Crippen LogP contribution in [0, 0.1) is 11.8 Å². The van der Waals surface area contributed by atoms with Crippen molar-refractivity contribution in [2.45, 2.75) is 19.4 Å². The van der Waals surface area contributed by atoms with Gasteiger partial charge in [0.15, 0.2) is 0 Å². The summed E-state index contributed by atoms with van der Waals surface area (Å²) in [6.07, 6.45) is 2.19. The number of nitrogens with zero attached hydrogens (tertiary/aromatic N) is 2. The number of anilines is 1. The molecular formula is C20H22N2O3S. The molecule has 3 atom stereocenters. The number of hydrogen-bond donors (Lipinski definition) is 1. The molecule has 0 spiro atoms. The lowest BCUT2D eigenvalue weighted by Crippen LogP contribution is -2.23. The van der Waals surface area contributed by atoms with Crippen LogP contribution in [0.2, 0.25) is 0 Å². The van der Waals surface area contributed by atoms with E-state index in [4.69, 9.17) is 9.72 Å². The molecule has 1 aliphatic heterocycles. The SMILES string of the molecule is C=Cc1nc(N2CC3CC3C2)ccc1C(O)c1ccc(C(=O)OCC)s1. The number of aliphatic hydroxyl groups excluding tert-OH is 1. The van der Waals surface area contributed by atoms with Gasteiger partial charge in [0.1, 0.15) is 16.8 Å². The number of pyridine rings is 1. The molecule has 1 N–H and O–H groups in total. The fourth-order valence-corrected chi connectivity index (χ4v) is 4.50. The number of ether oxygens (including phenoxy) is 1. The van der Waals surface area contributed by atoms with E-state index >= 15 is 0 Å². The zero-order chi connectivity index (χ0) is 18.3. The molecule has 3 unspecified atom stereocenters. The third kappa shape index (κ3) is 3.15. The average molecular weight is 370 g/mol. The average Bonchev–Trinajstić information content (AvgIpc) is 3.07. The van der Waals surface area contributed by atoms with Crippen LogP contribution in [0.25, 0.3) is 6.08 Å². The van der Waals surface area contributed by atoms with E-state index in [1.807, 2.05) is 12.1 Å². The van der Waals surface area contributed by atoms with Gasteiger partial charge in [-0.3, -0.25) is 0 Å². The van der Waals surface area contributed by atoms with E-state index in [0.29, 0.717) is 27.6 Å². The van der Waals surface area contributed by atoms with Gasteiger partial charge in [-0.2, -0.15) is 0 Å². The standard InChI is InChI=1S/C20H22N2O3S/c1-3-15-14(5-8-18(21-15)22-10-12-9-13(12)11-22)19(23)16-6-7-17(26-16)20(24)25-4-2/h3,5-8,12-13,19,23H,1,4,9-11H2,2H3. The van der Waals surface area contributed by atoms with Crippen LogP contribution in [-0.4, -0.2) is 35.8 Å². The lowest BCUT2D eigenvalue weighted by molar-refractivity contribution is 0.0532. The number of piperidine rings is 1. The summed E-state index contributed by atoms with van der Waals surface area (Å²) in [6.45, 7) is 8.11. The number of carbonyl (C=O) groups is 1. The third-order valence-electron chi connectivity index (χ3n) is 5.11. The molecule has 2 fully saturated rings. The van der Waals surface area contributed by atoms with Gasteiger partial charge in [0, 0.05) is 23.5 Å². The first kappa shape index (κ1) is 17.2. The van der Waals surface area contributed by atoms with Gasteiger partial charge < -0.3 is 14.7 Å². The topological polar surface area (TPSA) is 62.7 Å². The van der Waals surface area contributed by atoms with Gasteiger partial charge in [0.05, 0.1) is 12.3 Å². The minimum atomic E-state index is -0.843. The second kappa shape index (κ2) is 6.85. The number of aromatic nitrogens is 1. The molecule has 0 amide bonds. The van der Waals surface area contributed by atoms with Crippen molar-refractivity contribution in [2.24, 2.45) is 11.8 Å². The number of thiophene rings is 1. The van der Waals surface area contributed by atoms with Crippen LogP contribution in [0.15, 0.2) is 30.8 Å². The van der Waals surface area contributed by atoms with E-state index in [1.54, 1.807) is 25.1 Å². The van der Waals surface area contributed by atoms with Gasteiger partial charge in [-0.25, -0.2) is 9.78 Å². The molecule has 136 valence electrons. The van der Waals surface area contributed by atoms with E-state index in [2.05, 4.69) is 11.5 Å². The summed E-state index contributed by atoms with van der Waals surface area (Å²) in [6, 6.07) is 7.33. The van der Waals surface area contributed by atoms with Gasteiger partial charge in [-0.15, -0.1) is 11.3 Å². The normalized spacial score (nSPS) is 22.0. The van der Waals surface area contributed by atoms with Crippen molar-refractivity contribution in [1.29, 1.82) is 0 Å². The lowest BCUT2D eigenvalue weighted by atomic mass is 10.1. The van der Waals surface area contributed by atoms with Crippen LogP contribution in [0.1, 0.15) is 45.3 Å². The van der Waals surface area contributed by atoms with Crippen molar-refractivity contribution in [2.75, 3.05) is 24.6 Å². The molecule has 2 aromatic rings. The Labute approximate surface area is 156 Å². The molecular weight excluding hydrogens is 348 g/mol. The number of fused-ring (bicyclic) bond motifs is 1. The lowest BCUT2D eigenvalue weighted by Gasteiger charge is -2.21. The number of hydrogen-bond acceptors (Lipinski definition) is 6. The second-order valence-electron chi connectivity index (χ2n) is 6.83. The molecule has 0 bridgehead atoms. The second-order valence-corrected chi connectivity index (χ2v) is 7.95. The molecule has 2 aromatic heterocycles. The highest BCUT2D eigenvalue weighted by molar-refractivity contribution is 7.14. The van der Waals surface area contributed by atoms with Crippen molar-refractivity contribution in [3.63, 3.8) is 0 Å². The van der Waals surface area contributed by atoms with Crippen LogP contribution < -0.4 is 4.90 Å². The summed E-state index contributed by atoms with van der Waals surface area (Å²) in [5, 5.41) is 10.8. The van der Waals surface area contributed by atoms with Crippen LogP contribution in [-0.2, 0) is 4.74 Å². The van der Waals surface area contributed by atoms with Crippen molar-refractivity contribution >= 4 is 29.2 Å². The largest absolute Gasteiger partial charge is 0.462 e. The highest BCUT2D eigenvalue weighted by Crippen LogP contribution is 2.46. The quantitative estimate of drug-likeness (QED) is 0.789. The molecule has 6 heteroatoms. The maximum atomic E-state index is 11.8. The van der Waals surface area contributed by atoms with Crippen LogP contribution in [0.4, 0.5) is 5.82 Å². The molecule has 0 radical (unpaired) electrons. The van der Waals surface area contributed by atoms with Crippen molar-refractivity contribution in [3.8, 4) is 0 Å². The first-order valence-corrected chi connectivity index (χ1v) is 9.75. The molecule has 3 heterocycles. The molecule has 26 heavy (non-hydrogen) atoms. The van der Waals surface area contributed by atoms with Gasteiger partial charge in [-0.1, -0.05) is 12.6 Å². The number of aliphatic hydroxyl groups is 1. The van der Waals surface area contributed by atoms with Crippen LogP contribution >= 0.6 is 11.3 Å². The Morgan fingerprint density at radius 3 is 2.88 bits per heavy atom. The predicted octanol–water partition coefficient (Wildman–Crippen LogP) is 3.50. The summed E-state index contributed by atoms with van der Waals surface area (Å²) >= 11 is 1.24. The summed E-state index contributed by atoms with van der Waals surface area (Å²) in [7, 11) is 0. The van der Waals surface area contributed by atoms with Crippen LogP contribution in [0.5, 0.6) is 0 Å². The van der Waals surface area contributed by atoms with E-state index in [1.165, 1.54) is 17.8 Å². The van der Waals surface area contributed by atoms with Crippen molar-refractivity contribution in [1.82, 2.24) is 4.98 Å². The molecule has 5 nitrogen and oxygen atoms in total. The fourth-order valence-electron chi connectivity index (χ4n) is 3.60. The first-order chi connectivity index (χ1) is 12.6. The van der Waals surface area contributed by atoms with E-state index in [9.17, 15) is 9.90 Å². The summed E-state index contributed by atoms with van der Waals surface area (Å²) < 4.78 is 5.01. The third-order valence-corrected chi connectivity index (χ3v) is 6.22. The van der Waals surface area contributed by atoms with Gasteiger partial charge in [0.25, 0.3) is 0 Å². The van der Waals surface area contributed by atoms with Gasteiger partial charge >= 0.3 is 5.97 Å². The van der Waals surface area contributed by atoms with E-state index < -0.39 is 6.10 Å².